The molecule has 0 spiro atoms. The second kappa shape index (κ2) is 8.17. The number of aliphatic hydroxyl groups excluding tert-OH is 1. The van der Waals surface area contributed by atoms with E-state index < -0.39 is 11.7 Å². The smallest absolute Gasteiger partial charge is 0.416 e. The summed E-state index contributed by atoms with van der Waals surface area (Å²) in [4.78, 5) is 0. The molecule has 0 aromatic heterocycles. The predicted octanol–water partition coefficient (Wildman–Crippen LogP) is 3.41. The zero-order valence-electron chi connectivity index (χ0n) is 13.3. The second-order valence-electron chi connectivity index (χ2n) is 5.52. The van der Waals surface area contributed by atoms with Gasteiger partial charge in [-0.1, -0.05) is 30.3 Å². The van der Waals surface area contributed by atoms with Gasteiger partial charge in [0.2, 0.25) is 0 Å². The number of alkyl halides is 3. The van der Waals surface area contributed by atoms with Gasteiger partial charge in [0.25, 0.3) is 0 Å². The number of ether oxygens (including phenoxy) is 1. The molecule has 0 aliphatic carbocycles. The number of hydrogen-bond acceptors (Lipinski definition) is 3. The molecule has 0 bridgehead atoms. The van der Waals surface area contributed by atoms with Crippen molar-refractivity contribution in [3.05, 3.63) is 65.2 Å². The van der Waals surface area contributed by atoms with Gasteiger partial charge >= 0.3 is 6.18 Å². The first kappa shape index (κ1) is 18.3. The van der Waals surface area contributed by atoms with Gasteiger partial charge in [0.15, 0.2) is 0 Å². The van der Waals surface area contributed by atoms with E-state index in [2.05, 4.69) is 5.32 Å². The van der Waals surface area contributed by atoms with Crippen molar-refractivity contribution < 1.29 is 23.0 Å². The molecule has 130 valence electrons. The average molecular weight is 339 g/mol. The molecular weight excluding hydrogens is 319 g/mol. The Labute approximate surface area is 139 Å². The topological polar surface area (TPSA) is 41.5 Å². The molecular formula is C18H20F3NO2. The van der Waals surface area contributed by atoms with Crippen molar-refractivity contribution in [2.75, 3.05) is 13.7 Å². The Hall–Kier alpha value is -2.05. The average Bonchev–Trinajstić information content (AvgIpc) is 2.58. The van der Waals surface area contributed by atoms with Gasteiger partial charge in [0, 0.05) is 12.6 Å². The lowest BCUT2D eigenvalue weighted by Gasteiger charge is -2.18. The van der Waals surface area contributed by atoms with Crippen LogP contribution in [0.4, 0.5) is 13.2 Å². The third-order valence-electron chi connectivity index (χ3n) is 3.67. The van der Waals surface area contributed by atoms with Crippen molar-refractivity contribution in [3.63, 3.8) is 0 Å². The van der Waals surface area contributed by atoms with Gasteiger partial charge < -0.3 is 15.2 Å². The molecule has 2 aromatic carbocycles. The maximum absolute atomic E-state index is 13.0. The molecule has 0 radical (unpaired) electrons. The van der Waals surface area contributed by atoms with Crippen molar-refractivity contribution in [3.8, 4) is 5.75 Å². The molecule has 0 aliphatic heterocycles. The molecule has 0 saturated heterocycles. The van der Waals surface area contributed by atoms with Crippen LogP contribution in [0, 0.1) is 0 Å². The van der Waals surface area contributed by atoms with Crippen molar-refractivity contribution in [2.45, 2.75) is 25.2 Å². The molecule has 0 amide bonds. The first-order valence-electron chi connectivity index (χ1n) is 7.55. The maximum Gasteiger partial charge on any atom is 0.416 e. The lowest BCUT2D eigenvalue weighted by atomic mass is 10.0. The Morgan fingerprint density at radius 1 is 1.08 bits per heavy atom. The highest BCUT2D eigenvalue weighted by Gasteiger charge is 2.31. The molecule has 6 heteroatoms. The van der Waals surface area contributed by atoms with E-state index in [9.17, 15) is 18.3 Å². The fraction of sp³-hybridized carbons (Fsp3) is 0.333. The first-order chi connectivity index (χ1) is 11.4. The van der Waals surface area contributed by atoms with Crippen molar-refractivity contribution in [1.82, 2.24) is 5.32 Å². The van der Waals surface area contributed by atoms with Crippen LogP contribution < -0.4 is 10.1 Å². The first-order valence-corrected chi connectivity index (χ1v) is 7.55. The van der Waals surface area contributed by atoms with Gasteiger partial charge in [-0.25, -0.2) is 0 Å². The van der Waals surface area contributed by atoms with Gasteiger partial charge in [-0.3, -0.25) is 0 Å². The highest BCUT2D eigenvalue weighted by molar-refractivity contribution is 5.36. The van der Waals surface area contributed by atoms with E-state index in [1.54, 1.807) is 6.07 Å². The number of halogens is 3. The molecule has 0 fully saturated rings. The minimum absolute atomic E-state index is 0.152. The Balaban J connectivity index is 2.09. The van der Waals surface area contributed by atoms with Crippen LogP contribution >= 0.6 is 0 Å². The minimum Gasteiger partial charge on any atom is -0.497 e. The number of aliphatic hydroxyl groups is 1. The zero-order valence-corrected chi connectivity index (χ0v) is 13.3. The summed E-state index contributed by atoms with van der Waals surface area (Å²) in [5, 5.41) is 12.7. The predicted molar refractivity (Wildman–Crippen MR) is 85.9 cm³/mol. The number of rotatable bonds is 7. The molecule has 24 heavy (non-hydrogen) atoms. The molecule has 0 aliphatic rings. The maximum atomic E-state index is 13.0. The van der Waals surface area contributed by atoms with E-state index >= 15 is 0 Å². The third kappa shape index (κ3) is 5.25. The normalized spacial score (nSPS) is 12.9. The van der Waals surface area contributed by atoms with E-state index in [1.807, 2.05) is 30.3 Å². The fourth-order valence-corrected chi connectivity index (χ4v) is 2.40. The lowest BCUT2D eigenvalue weighted by molar-refractivity contribution is -0.137. The van der Waals surface area contributed by atoms with E-state index in [4.69, 9.17) is 4.74 Å². The Morgan fingerprint density at radius 2 is 1.79 bits per heavy atom. The van der Waals surface area contributed by atoms with Gasteiger partial charge in [-0.2, -0.15) is 13.2 Å². The summed E-state index contributed by atoms with van der Waals surface area (Å²) in [6, 6.07) is 12.9. The standard InChI is InChI=1S/C18H20F3NO2/c1-24-17-9-14(7-15(10-17)18(19,20)21)8-16(12-23)22-11-13-5-3-2-4-6-13/h2-7,9-10,16,22-23H,8,11-12H2,1H3. The van der Waals surface area contributed by atoms with Crippen LogP contribution in [-0.2, 0) is 19.1 Å². The van der Waals surface area contributed by atoms with Gasteiger partial charge in [0.05, 0.1) is 19.3 Å². The molecule has 2 aromatic rings. The highest BCUT2D eigenvalue weighted by Crippen LogP contribution is 2.32. The molecule has 3 nitrogen and oxygen atoms in total. The summed E-state index contributed by atoms with van der Waals surface area (Å²) in [5.74, 6) is 0.152. The summed E-state index contributed by atoms with van der Waals surface area (Å²) >= 11 is 0. The monoisotopic (exact) mass is 339 g/mol. The summed E-state index contributed by atoms with van der Waals surface area (Å²) in [5.41, 5.74) is 0.746. The molecule has 0 saturated carbocycles. The lowest BCUT2D eigenvalue weighted by Crippen LogP contribution is -2.34. The van der Waals surface area contributed by atoms with E-state index in [0.29, 0.717) is 12.1 Å². The van der Waals surface area contributed by atoms with Crippen molar-refractivity contribution in [1.29, 1.82) is 0 Å². The summed E-state index contributed by atoms with van der Waals surface area (Å²) in [6.45, 7) is 0.355. The van der Waals surface area contributed by atoms with Gasteiger partial charge in [-0.05, 0) is 35.7 Å². The van der Waals surface area contributed by atoms with Crippen LogP contribution in [0.1, 0.15) is 16.7 Å². The van der Waals surface area contributed by atoms with Gasteiger partial charge in [-0.15, -0.1) is 0 Å². The summed E-state index contributed by atoms with van der Waals surface area (Å²) in [6.07, 6.45) is -4.17. The third-order valence-corrected chi connectivity index (χ3v) is 3.67. The van der Waals surface area contributed by atoms with Gasteiger partial charge in [0.1, 0.15) is 5.75 Å². The summed E-state index contributed by atoms with van der Waals surface area (Å²) in [7, 11) is 1.33. The number of nitrogens with one attached hydrogen (secondary N) is 1. The van der Waals surface area contributed by atoms with Crippen LogP contribution in [0.5, 0.6) is 5.75 Å². The molecule has 1 atom stereocenters. The molecule has 0 heterocycles. The number of benzene rings is 2. The van der Waals surface area contributed by atoms with Crippen LogP contribution in [0.2, 0.25) is 0 Å². The molecule has 2 N–H and O–H groups in total. The van der Waals surface area contributed by atoms with E-state index in [1.165, 1.54) is 7.11 Å². The quantitative estimate of drug-likeness (QED) is 0.812. The number of hydrogen-bond donors (Lipinski definition) is 2. The summed E-state index contributed by atoms with van der Waals surface area (Å²) < 4.78 is 43.8. The van der Waals surface area contributed by atoms with Crippen LogP contribution in [0.25, 0.3) is 0 Å². The second-order valence-corrected chi connectivity index (χ2v) is 5.52. The molecule has 2 rings (SSSR count). The Bertz CT molecular complexity index is 644. The minimum atomic E-state index is -4.44. The van der Waals surface area contributed by atoms with Crippen LogP contribution in [-0.4, -0.2) is 24.9 Å². The number of methoxy groups -OCH3 is 1. The van der Waals surface area contributed by atoms with Crippen molar-refractivity contribution >= 4 is 0 Å². The Morgan fingerprint density at radius 3 is 2.38 bits per heavy atom. The highest BCUT2D eigenvalue weighted by atomic mass is 19.4. The van der Waals surface area contributed by atoms with E-state index in [0.717, 1.165) is 17.7 Å². The van der Waals surface area contributed by atoms with E-state index in [-0.39, 0.29) is 24.8 Å². The Kier molecular flexibility index (Phi) is 6.23. The SMILES string of the molecule is COc1cc(CC(CO)NCc2ccccc2)cc(C(F)(F)F)c1. The fourth-order valence-electron chi connectivity index (χ4n) is 2.40. The van der Waals surface area contributed by atoms with Crippen molar-refractivity contribution in [2.24, 2.45) is 0 Å². The van der Waals surface area contributed by atoms with Crippen LogP contribution in [0.15, 0.2) is 48.5 Å². The zero-order chi connectivity index (χ0) is 17.6. The largest absolute Gasteiger partial charge is 0.497 e. The molecule has 1 unspecified atom stereocenters. The van der Waals surface area contributed by atoms with Crippen LogP contribution in [0.3, 0.4) is 0 Å².